The number of benzene rings is 2. The van der Waals surface area contributed by atoms with Crippen LogP contribution in [0.25, 0.3) is 0 Å². The fourth-order valence-electron chi connectivity index (χ4n) is 5.88. The Morgan fingerprint density at radius 2 is 1.68 bits per heavy atom. The van der Waals surface area contributed by atoms with Gasteiger partial charge in [0, 0.05) is 22.9 Å². The highest BCUT2D eigenvalue weighted by Crippen LogP contribution is 2.49. The molecule has 196 valence electrons. The van der Waals surface area contributed by atoms with Crippen LogP contribution in [0.1, 0.15) is 70.9 Å². The van der Waals surface area contributed by atoms with Gasteiger partial charge in [0.1, 0.15) is 0 Å². The lowest BCUT2D eigenvalue weighted by Gasteiger charge is -2.32. The number of fused-ring (bicyclic) bond motifs is 2. The zero-order valence-corrected chi connectivity index (χ0v) is 25.1. The van der Waals surface area contributed by atoms with Crippen LogP contribution in [0.3, 0.4) is 0 Å². The van der Waals surface area contributed by atoms with E-state index in [4.69, 9.17) is 0 Å². The fraction of sp³-hybridized carbons (Fsp3) is 0.455. The lowest BCUT2D eigenvalue weighted by molar-refractivity contribution is 0.354. The van der Waals surface area contributed by atoms with Crippen molar-refractivity contribution >= 4 is 34.9 Å². The average molecular weight is 531 g/mol. The van der Waals surface area contributed by atoms with E-state index in [1.807, 2.05) is 23.5 Å². The van der Waals surface area contributed by atoms with Gasteiger partial charge < -0.3 is 9.80 Å². The summed E-state index contributed by atoms with van der Waals surface area (Å²) in [6.07, 6.45) is 13.6. The second-order valence-corrected chi connectivity index (χ2v) is 13.9. The molecular weight excluding hydrogens is 489 g/mol. The van der Waals surface area contributed by atoms with Crippen LogP contribution in [0.15, 0.2) is 80.6 Å². The number of allylic oxidation sites excluding steroid dienone is 4. The summed E-state index contributed by atoms with van der Waals surface area (Å²) in [6, 6.07) is 13.8. The molecule has 2 aromatic rings. The molecule has 0 saturated carbocycles. The first kappa shape index (κ1) is 26.6. The van der Waals surface area contributed by atoms with Gasteiger partial charge in [-0.2, -0.15) is 0 Å². The fourth-order valence-corrected chi connectivity index (χ4v) is 8.59. The maximum atomic E-state index is 2.57. The molecule has 0 aromatic heterocycles. The van der Waals surface area contributed by atoms with E-state index in [1.165, 1.54) is 67.7 Å². The van der Waals surface area contributed by atoms with Gasteiger partial charge in [0.05, 0.1) is 21.8 Å². The minimum Gasteiger partial charge on any atom is -0.355 e. The Balaban J connectivity index is 1.45. The standard InChI is InChI=1S/C33H42N2S2/c1-7-9-10-15-35-28-14-12-24(4)17-30(28)37-32(35)20-26-18-25(21-33(5,6)22-26)19-31-34(8-2)27-13-11-23(3)16-29(27)36-31/h11-14,16-20,31H,7-10,15,21-22H2,1-6H3/b25-19-,32-20-. The van der Waals surface area contributed by atoms with Crippen LogP contribution in [0, 0.1) is 19.3 Å². The number of aryl methyl sites for hydroxylation is 2. The molecule has 0 saturated heterocycles. The monoisotopic (exact) mass is 530 g/mol. The van der Waals surface area contributed by atoms with E-state index < -0.39 is 0 Å². The van der Waals surface area contributed by atoms with Gasteiger partial charge in [-0.25, -0.2) is 0 Å². The lowest BCUT2D eigenvalue weighted by atomic mass is 9.75. The van der Waals surface area contributed by atoms with Crippen LogP contribution in [0.4, 0.5) is 11.4 Å². The molecule has 1 unspecified atom stereocenters. The molecule has 0 radical (unpaired) electrons. The van der Waals surface area contributed by atoms with Gasteiger partial charge in [-0.05, 0) is 104 Å². The molecule has 37 heavy (non-hydrogen) atoms. The number of unbranched alkanes of at least 4 members (excludes halogenated alkanes) is 2. The summed E-state index contributed by atoms with van der Waals surface area (Å²) in [6.45, 7) is 16.0. The highest BCUT2D eigenvalue weighted by Gasteiger charge is 2.31. The van der Waals surface area contributed by atoms with E-state index in [0.29, 0.717) is 5.37 Å². The summed E-state index contributed by atoms with van der Waals surface area (Å²) < 4.78 is 0. The molecule has 2 heterocycles. The molecule has 0 amide bonds. The van der Waals surface area contributed by atoms with Crippen molar-refractivity contribution in [2.45, 2.75) is 88.8 Å². The normalized spacial score (nSPS) is 22.5. The summed E-state index contributed by atoms with van der Waals surface area (Å²) >= 11 is 3.96. The third-order valence-electron chi connectivity index (χ3n) is 7.59. The maximum absolute atomic E-state index is 2.57. The Morgan fingerprint density at radius 3 is 2.41 bits per heavy atom. The summed E-state index contributed by atoms with van der Waals surface area (Å²) in [7, 11) is 0. The lowest BCUT2D eigenvalue weighted by Crippen LogP contribution is -2.28. The largest absolute Gasteiger partial charge is 0.355 e. The molecule has 1 aliphatic carbocycles. The second-order valence-electron chi connectivity index (χ2n) is 11.7. The highest BCUT2D eigenvalue weighted by molar-refractivity contribution is 8.03. The first-order chi connectivity index (χ1) is 17.8. The van der Waals surface area contributed by atoms with Gasteiger partial charge in [-0.3, -0.25) is 0 Å². The molecule has 0 fully saturated rings. The topological polar surface area (TPSA) is 6.48 Å². The van der Waals surface area contributed by atoms with Crippen LogP contribution in [-0.4, -0.2) is 18.5 Å². The third kappa shape index (κ3) is 5.86. The summed E-state index contributed by atoms with van der Waals surface area (Å²) in [5.74, 6) is 0. The van der Waals surface area contributed by atoms with Crippen LogP contribution in [0.2, 0.25) is 0 Å². The highest BCUT2D eigenvalue weighted by atomic mass is 32.2. The maximum Gasteiger partial charge on any atom is 0.0988 e. The molecule has 1 atom stereocenters. The molecule has 0 spiro atoms. The number of likely N-dealkylation sites (N-methyl/N-ethyl adjacent to an activating group) is 1. The number of anilines is 2. The predicted molar refractivity (Wildman–Crippen MR) is 165 cm³/mol. The zero-order valence-electron chi connectivity index (χ0n) is 23.4. The Hall–Kier alpha value is -2.04. The van der Waals surface area contributed by atoms with Crippen LogP contribution < -0.4 is 9.80 Å². The van der Waals surface area contributed by atoms with Crippen molar-refractivity contribution in [3.63, 3.8) is 0 Å². The van der Waals surface area contributed by atoms with Crippen LogP contribution in [-0.2, 0) is 0 Å². The number of hydrogen-bond donors (Lipinski definition) is 0. The number of hydrogen-bond acceptors (Lipinski definition) is 4. The zero-order chi connectivity index (χ0) is 26.2. The van der Waals surface area contributed by atoms with Gasteiger partial charge >= 0.3 is 0 Å². The van der Waals surface area contributed by atoms with Crippen molar-refractivity contribution in [1.82, 2.24) is 0 Å². The molecule has 3 aliphatic rings. The molecule has 4 heteroatoms. The SMILES string of the molecule is CCCCCN1/C(=C/C2=CC(=C/C3Sc4cc(C)ccc4N3CC)/CC(C)(C)C2)Sc2cc(C)ccc21. The Bertz CT molecular complexity index is 1250. The van der Waals surface area contributed by atoms with Gasteiger partial charge in [-0.15, -0.1) is 0 Å². The summed E-state index contributed by atoms with van der Waals surface area (Å²) in [5, 5.41) is 1.77. The molecule has 2 nitrogen and oxygen atoms in total. The predicted octanol–water partition coefficient (Wildman–Crippen LogP) is 9.88. The summed E-state index contributed by atoms with van der Waals surface area (Å²) in [4.78, 5) is 7.96. The molecule has 0 bridgehead atoms. The van der Waals surface area contributed by atoms with E-state index in [1.54, 1.807) is 0 Å². The minimum absolute atomic E-state index is 0.260. The van der Waals surface area contributed by atoms with Crippen LogP contribution >= 0.6 is 23.5 Å². The van der Waals surface area contributed by atoms with Crippen molar-refractivity contribution < 1.29 is 0 Å². The van der Waals surface area contributed by atoms with E-state index in [2.05, 4.69) is 106 Å². The number of rotatable bonds is 7. The smallest absolute Gasteiger partial charge is 0.0988 e. The first-order valence-corrected chi connectivity index (χ1v) is 15.7. The van der Waals surface area contributed by atoms with Gasteiger partial charge in [-0.1, -0.05) is 75.3 Å². The van der Waals surface area contributed by atoms with E-state index >= 15 is 0 Å². The minimum atomic E-state index is 0.260. The van der Waals surface area contributed by atoms with Crippen molar-refractivity contribution in [2.75, 3.05) is 22.9 Å². The van der Waals surface area contributed by atoms with Crippen molar-refractivity contribution in [1.29, 1.82) is 0 Å². The van der Waals surface area contributed by atoms with Crippen molar-refractivity contribution in [2.24, 2.45) is 5.41 Å². The Labute approximate surface area is 233 Å². The first-order valence-electron chi connectivity index (χ1n) is 14.0. The average Bonchev–Trinajstić information content (AvgIpc) is 3.33. The molecule has 2 aromatic carbocycles. The van der Waals surface area contributed by atoms with Crippen LogP contribution in [0.5, 0.6) is 0 Å². The number of thioether (sulfide) groups is 2. The summed E-state index contributed by atoms with van der Waals surface area (Å²) in [5.41, 5.74) is 8.67. The van der Waals surface area contributed by atoms with E-state index in [-0.39, 0.29) is 5.41 Å². The number of nitrogens with zero attached hydrogens (tertiary/aromatic N) is 2. The molecule has 0 N–H and O–H groups in total. The van der Waals surface area contributed by atoms with E-state index in [0.717, 1.165) is 25.9 Å². The Kier molecular flexibility index (Phi) is 7.88. The van der Waals surface area contributed by atoms with Gasteiger partial charge in [0.25, 0.3) is 0 Å². The molecule has 5 rings (SSSR count). The second kappa shape index (κ2) is 11.0. The molecule has 2 aliphatic heterocycles. The van der Waals surface area contributed by atoms with Crippen molar-refractivity contribution in [3.05, 3.63) is 81.9 Å². The van der Waals surface area contributed by atoms with Gasteiger partial charge in [0.2, 0.25) is 0 Å². The van der Waals surface area contributed by atoms with E-state index in [9.17, 15) is 0 Å². The quantitative estimate of drug-likeness (QED) is 0.328. The Morgan fingerprint density at radius 1 is 0.946 bits per heavy atom. The van der Waals surface area contributed by atoms with Crippen molar-refractivity contribution in [3.8, 4) is 0 Å². The van der Waals surface area contributed by atoms with Gasteiger partial charge in [0.15, 0.2) is 0 Å². The molecular formula is C33H42N2S2. The third-order valence-corrected chi connectivity index (χ3v) is 9.90.